The molecule has 5 aromatic rings. The van der Waals surface area contributed by atoms with Crippen LogP contribution in [0.4, 0.5) is 0 Å². The van der Waals surface area contributed by atoms with E-state index >= 15 is 0 Å². The molecule has 0 fully saturated rings. The Labute approximate surface area is 163 Å². The quantitative estimate of drug-likeness (QED) is 0.414. The van der Waals surface area contributed by atoms with Gasteiger partial charge in [0, 0.05) is 40.1 Å². The molecular formula is C25H20N2O. The number of fused-ring (bicyclic) bond motifs is 3. The highest BCUT2D eigenvalue weighted by Gasteiger charge is 2.24. The van der Waals surface area contributed by atoms with Crippen molar-refractivity contribution in [2.75, 3.05) is 0 Å². The van der Waals surface area contributed by atoms with Gasteiger partial charge in [0.2, 0.25) is 0 Å². The smallest absolute Gasteiger partial charge is 0.0725 e. The lowest BCUT2D eigenvalue weighted by Crippen LogP contribution is -2.03. The molecule has 0 unspecified atom stereocenters. The molecule has 6 rings (SSSR count). The lowest BCUT2D eigenvalue weighted by molar-refractivity contribution is 0.134. The summed E-state index contributed by atoms with van der Waals surface area (Å²) >= 11 is 0. The average molecular weight is 364 g/mol. The molecule has 3 aromatic carbocycles. The number of rotatable bonds is 3. The summed E-state index contributed by atoms with van der Waals surface area (Å²) in [6.45, 7) is 1.43. The Bertz CT molecular complexity index is 1240. The Morgan fingerprint density at radius 1 is 0.679 bits per heavy atom. The van der Waals surface area contributed by atoms with Crippen molar-refractivity contribution in [1.29, 1.82) is 0 Å². The topological polar surface area (TPSA) is 40.8 Å². The molecule has 3 heteroatoms. The van der Waals surface area contributed by atoms with Gasteiger partial charge in [-0.05, 0) is 39.9 Å². The minimum atomic E-state index is 0.151. The summed E-state index contributed by atoms with van der Waals surface area (Å²) < 4.78 is 5.66. The Kier molecular flexibility index (Phi) is 3.43. The first-order valence-electron chi connectivity index (χ1n) is 9.70. The monoisotopic (exact) mass is 364 g/mol. The summed E-state index contributed by atoms with van der Waals surface area (Å²) in [6, 6.07) is 23.9. The first-order valence-corrected chi connectivity index (χ1v) is 9.70. The van der Waals surface area contributed by atoms with E-state index < -0.39 is 0 Å². The van der Waals surface area contributed by atoms with Crippen LogP contribution in [0.15, 0.2) is 79.1 Å². The number of hydrogen-bond acceptors (Lipinski definition) is 1. The summed E-state index contributed by atoms with van der Waals surface area (Å²) in [4.78, 5) is 6.93. The second-order valence-electron chi connectivity index (χ2n) is 7.53. The van der Waals surface area contributed by atoms with Gasteiger partial charge in [-0.1, -0.05) is 54.6 Å². The van der Waals surface area contributed by atoms with Crippen molar-refractivity contribution in [3.05, 3.63) is 107 Å². The van der Waals surface area contributed by atoms with E-state index in [0.717, 1.165) is 6.61 Å². The van der Waals surface area contributed by atoms with Crippen molar-refractivity contribution in [1.82, 2.24) is 9.97 Å². The third kappa shape index (κ3) is 2.33. The standard InChI is InChI=1S/C25H20N2O/c1-3-7-23-19(5-1)21(12-26-23)25(16-9-10-17-14-28-15-18(17)11-16)22-13-27-24-8-4-2-6-20(22)24/h1-13,25-27H,14-15H2. The summed E-state index contributed by atoms with van der Waals surface area (Å²) in [5.74, 6) is 0.151. The van der Waals surface area contributed by atoms with Gasteiger partial charge in [-0.2, -0.15) is 0 Å². The molecular weight excluding hydrogens is 344 g/mol. The summed E-state index contributed by atoms with van der Waals surface area (Å²) in [6.07, 6.45) is 4.33. The molecule has 0 bridgehead atoms. The lowest BCUT2D eigenvalue weighted by atomic mass is 9.84. The van der Waals surface area contributed by atoms with E-state index in [2.05, 4.69) is 89.1 Å². The molecule has 0 spiro atoms. The minimum absolute atomic E-state index is 0.151. The van der Waals surface area contributed by atoms with Crippen LogP contribution < -0.4 is 0 Å². The maximum atomic E-state index is 5.66. The van der Waals surface area contributed by atoms with Gasteiger partial charge in [0.25, 0.3) is 0 Å². The summed E-state index contributed by atoms with van der Waals surface area (Å²) in [5.41, 5.74) is 8.87. The van der Waals surface area contributed by atoms with Gasteiger partial charge in [0.05, 0.1) is 13.2 Å². The van der Waals surface area contributed by atoms with Crippen molar-refractivity contribution in [3.63, 3.8) is 0 Å². The largest absolute Gasteiger partial charge is 0.372 e. The molecule has 0 aliphatic carbocycles. The fourth-order valence-corrected chi connectivity index (χ4v) is 4.56. The SMILES string of the molecule is c1ccc2c(C(c3ccc4c(c3)COC4)c3c[nH]c4ccccc34)c[nH]c2c1. The second-order valence-corrected chi connectivity index (χ2v) is 7.53. The molecule has 0 amide bonds. The molecule has 1 aliphatic rings. The molecule has 3 nitrogen and oxygen atoms in total. The van der Waals surface area contributed by atoms with Crippen molar-refractivity contribution >= 4 is 21.8 Å². The molecule has 1 aliphatic heterocycles. The number of benzene rings is 3. The van der Waals surface area contributed by atoms with Gasteiger partial charge in [-0.25, -0.2) is 0 Å². The maximum absolute atomic E-state index is 5.66. The van der Waals surface area contributed by atoms with Crippen LogP contribution in [0.25, 0.3) is 21.8 Å². The van der Waals surface area contributed by atoms with Crippen LogP contribution in [0.2, 0.25) is 0 Å². The zero-order chi connectivity index (χ0) is 18.5. The second kappa shape index (κ2) is 6.11. The summed E-state index contributed by atoms with van der Waals surface area (Å²) in [7, 11) is 0. The summed E-state index contributed by atoms with van der Waals surface area (Å²) in [5, 5.41) is 2.55. The van der Waals surface area contributed by atoms with Crippen LogP contribution in [0.1, 0.15) is 33.7 Å². The van der Waals surface area contributed by atoms with Crippen LogP contribution in [-0.4, -0.2) is 9.97 Å². The molecule has 2 N–H and O–H groups in total. The number of nitrogens with one attached hydrogen (secondary N) is 2. The van der Waals surface area contributed by atoms with Gasteiger partial charge in [0.1, 0.15) is 0 Å². The Hall–Kier alpha value is -3.30. The van der Waals surface area contributed by atoms with Crippen LogP contribution in [-0.2, 0) is 18.0 Å². The lowest BCUT2D eigenvalue weighted by Gasteiger charge is -2.18. The zero-order valence-electron chi connectivity index (χ0n) is 15.4. The Balaban J connectivity index is 1.63. The number of para-hydroxylation sites is 2. The van der Waals surface area contributed by atoms with Crippen LogP contribution >= 0.6 is 0 Å². The van der Waals surface area contributed by atoms with Crippen molar-refractivity contribution in [2.24, 2.45) is 0 Å². The van der Waals surface area contributed by atoms with E-state index in [1.165, 1.54) is 49.6 Å². The number of hydrogen-bond donors (Lipinski definition) is 2. The number of aromatic amines is 2. The molecule has 0 atom stereocenters. The molecule has 3 heterocycles. The number of aromatic nitrogens is 2. The highest BCUT2D eigenvalue weighted by atomic mass is 16.5. The number of H-pyrrole nitrogens is 2. The van der Waals surface area contributed by atoms with Crippen LogP contribution in [0.3, 0.4) is 0 Å². The molecule has 0 saturated carbocycles. The average Bonchev–Trinajstić information content (AvgIpc) is 3.47. The molecule has 0 saturated heterocycles. The molecule has 2 aromatic heterocycles. The predicted octanol–water partition coefficient (Wildman–Crippen LogP) is 5.86. The van der Waals surface area contributed by atoms with Crippen molar-refractivity contribution in [2.45, 2.75) is 19.1 Å². The molecule has 0 radical (unpaired) electrons. The first-order chi connectivity index (χ1) is 13.9. The van der Waals surface area contributed by atoms with Gasteiger partial charge < -0.3 is 14.7 Å². The van der Waals surface area contributed by atoms with Gasteiger partial charge in [-0.15, -0.1) is 0 Å². The maximum Gasteiger partial charge on any atom is 0.0725 e. The molecule has 136 valence electrons. The number of ether oxygens (including phenoxy) is 1. The zero-order valence-corrected chi connectivity index (χ0v) is 15.4. The van der Waals surface area contributed by atoms with E-state index in [-0.39, 0.29) is 5.92 Å². The van der Waals surface area contributed by atoms with Crippen molar-refractivity contribution < 1.29 is 4.74 Å². The van der Waals surface area contributed by atoms with Gasteiger partial charge in [-0.3, -0.25) is 0 Å². The van der Waals surface area contributed by atoms with Crippen LogP contribution in [0, 0.1) is 0 Å². The fourth-order valence-electron chi connectivity index (χ4n) is 4.56. The van der Waals surface area contributed by atoms with Crippen LogP contribution in [0.5, 0.6) is 0 Å². The predicted molar refractivity (Wildman–Crippen MR) is 112 cm³/mol. The Morgan fingerprint density at radius 2 is 1.29 bits per heavy atom. The fraction of sp³-hybridized carbons (Fsp3) is 0.120. The minimum Gasteiger partial charge on any atom is -0.372 e. The van der Waals surface area contributed by atoms with E-state index in [4.69, 9.17) is 4.74 Å². The van der Waals surface area contributed by atoms with Gasteiger partial charge in [0.15, 0.2) is 0 Å². The van der Waals surface area contributed by atoms with E-state index in [0.29, 0.717) is 6.61 Å². The van der Waals surface area contributed by atoms with E-state index in [1.807, 2.05) is 0 Å². The van der Waals surface area contributed by atoms with E-state index in [1.54, 1.807) is 0 Å². The van der Waals surface area contributed by atoms with E-state index in [9.17, 15) is 0 Å². The molecule has 28 heavy (non-hydrogen) atoms. The highest BCUT2D eigenvalue weighted by molar-refractivity contribution is 5.89. The third-order valence-corrected chi connectivity index (χ3v) is 5.94. The highest BCUT2D eigenvalue weighted by Crippen LogP contribution is 2.40. The Morgan fingerprint density at radius 3 is 1.96 bits per heavy atom. The van der Waals surface area contributed by atoms with Gasteiger partial charge >= 0.3 is 0 Å². The normalized spacial score (nSPS) is 13.6. The first kappa shape index (κ1) is 15.7. The third-order valence-electron chi connectivity index (χ3n) is 5.94. The van der Waals surface area contributed by atoms with Crippen molar-refractivity contribution in [3.8, 4) is 0 Å².